The highest BCUT2D eigenvalue weighted by atomic mass is 19.3. The van der Waals surface area contributed by atoms with Gasteiger partial charge in [-0.3, -0.25) is 38.8 Å². The molecular weight excluding hydrogens is 680 g/mol. The number of nitrogens with zero attached hydrogens (tertiary/aromatic N) is 4. The van der Waals surface area contributed by atoms with Crippen LogP contribution < -0.4 is 21.5 Å². The van der Waals surface area contributed by atoms with Crippen molar-refractivity contribution in [2.24, 2.45) is 0 Å². The van der Waals surface area contributed by atoms with E-state index < -0.39 is 66.6 Å². The topological polar surface area (TPSA) is 182 Å². The van der Waals surface area contributed by atoms with Crippen LogP contribution in [0.15, 0.2) is 96.2 Å². The number of likely N-dealkylation sites (N-methyl/N-ethyl adjacent to an activating group) is 1. The quantitative estimate of drug-likeness (QED) is 0.147. The Bertz CT molecular complexity index is 1920. The molecule has 4 amide bonds. The molecule has 16 heteroatoms. The molecule has 0 fully saturated rings. The third-order valence-electron chi connectivity index (χ3n) is 7.78. The second-order valence-electron chi connectivity index (χ2n) is 11.3. The van der Waals surface area contributed by atoms with Gasteiger partial charge in [-0.15, -0.1) is 0 Å². The summed E-state index contributed by atoms with van der Waals surface area (Å²) in [5.41, 5.74) is 0.155. The van der Waals surface area contributed by atoms with Crippen molar-refractivity contribution in [3.63, 3.8) is 0 Å². The lowest BCUT2D eigenvalue weighted by molar-refractivity contribution is -0.161. The highest BCUT2D eigenvalue weighted by Gasteiger charge is 2.50. The third kappa shape index (κ3) is 10.1. The van der Waals surface area contributed by atoms with Crippen LogP contribution in [0.3, 0.4) is 0 Å². The van der Waals surface area contributed by atoms with Gasteiger partial charge in [0, 0.05) is 37.5 Å². The summed E-state index contributed by atoms with van der Waals surface area (Å²) in [7, 11) is 0. The van der Waals surface area contributed by atoms with Gasteiger partial charge in [0.1, 0.15) is 24.7 Å². The van der Waals surface area contributed by atoms with Crippen molar-refractivity contribution < 1.29 is 37.5 Å². The number of amides is 4. The van der Waals surface area contributed by atoms with Crippen molar-refractivity contribution in [2.45, 2.75) is 45.4 Å². The van der Waals surface area contributed by atoms with E-state index in [1.54, 1.807) is 62.4 Å². The predicted octanol–water partition coefficient (Wildman–Crippen LogP) is 2.97. The number of ketones is 1. The molecule has 4 aromatic rings. The first kappa shape index (κ1) is 38.5. The second kappa shape index (κ2) is 18.1. The van der Waals surface area contributed by atoms with Crippen LogP contribution in [0.4, 0.5) is 19.3 Å². The lowest BCUT2D eigenvalue weighted by Gasteiger charge is -2.24. The molecule has 4 rings (SSSR count). The Morgan fingerprint density at radius 1 is 0.904 bits per heavy atom. The van der Waals surface area contributed by atoms with Gasteiger partial charge in [-0.25, -0.2) is 9.78 Å². The molecule has 0 aliphatic rings. The number of rotatable bonds is 16. The standard InChI is InChI=1S/C36H37F2N7O7/c1-3-44(4-2)30(47)21-41-34(50)36(37,38)31(48)27(19-24-11-7-5-8-12-24)42-29(46)22-45-32(26-15-17-39-18-16-26)40-20-28(33(45)49)43-35(51)52-23-25-13-9-6-10-14-25/h5-18,20,27H,3-4,19,21-23H2,1-2H3,(H,41,50)(H,42,46)(H,43,51). The summed E-state index contributed by atoms with van der Waals surface area (Å²) in [4.78, 5) is 87.4. The maximum Gasteiger partial charge on any atom is 0.412 e. The van der Waals surface area contributed by atoms with Crippen molar-refractivity contribution in [1.29, 1.82) is 0 Å². The maximum absolute atomic E-state index is 15.4. The molecule has 0 spiro atoms. The van der Waals surface area contributed by atoms with Crippen LogP contribution in [0.2, 0.25) is 0 Å². The summed E-state index contributed by atoms with van der Waals surface area (Å²) in [6.07, 6.45) is 2.48. The fourth-order valence-corrected chi connectivity index (χ4v) is 5.05. The van der Waals surface area contributed by atoms with Crippen LogP contribution in [-0.2, 0) is 43.5 Å². The van der Waals surface area contributed by atoms with Gasteiger partial charge in [0.2, 0.25) is 17.6 Å². The molecule has 272 valence electrons. The Balaban J connectivity index is 1.58. The van der Waals surface area contributed by atoms with Gasteiger partial charge in [0.25, 0.3) is 11.5 Å². The highest BCUT2D eigenvalue weighted by molar-refractivity contribution is 6.11. The summed E-state index contributed by atoms with van der Waals surface area (Å²) in [6.45, 7) is 2.21. The molecule has 0 aliphatic heterocycles. The SMILES string of the molecule is CCN(CC)C(=O)CNC(=O)C(F)(F)C(=O)C(Cc1ccccc1)NC(=O)Cn1c(-c2ccncc2)ncc(NC(=O)OCc2ccccc2)c1=O. The first-order chi connectivity index (χ1) is 24.9. The van der Waals surface area contributed by atoms with Crippen LogP contribution in [0.25, 0.3) is 11.4 Å². The minimum absolute atomic E-state index is 0.0423. The van der Waals surface area contributed by atoms with E-state index in [4.69, 9.17) is 4.74 Å². The number of hydrogen-bond donors (Lipinski definition) is 3. The molecule has 3 N–H and O–H groups in total. The summed E-state index contributed by atoms with van der Waals surface area (Å²) in [5.74, 6) is -10.3. The van der Waals surface area contributed by atoms with Gasteiger partial charge in [-0.2, -0.15) is 8.78 Å². The zero-order valence-electron chi connectivity index (χ0n) is 28.4. The summed E-state index contributed by atoms with van der Waals surface area (Å²) < 4.78 is 36.8. The summed E-state index contributed by atoms with van der Waals surface area (Å²) in [6, 6.07) is 17.8. The van der Waals surface area contributed by atoms with E-state index in [0.717, 1.165) is 10.8 Å². The minimum Gasteiger partial charge on any atom is -0.444 e. The summed E-state index contributed by atoms with van der Waals surface area (Å²) in [5, 5.41) is 6.37. The van der Waals surface area contributed by atoms with Gasteiger partial charge < -0.3 is 20.3 Å². The number of hydrogen-bond acceptors (Lipinski definition) is 9. The number of aromatic nitrogens is 3. The Morgan fingerprint density at radius 2 is 1.52 bits per heavy atom. The van der Waals surface area contributed by atoms with Crippen LogP contribution in [-0.4, -0.2) is 80.6 Å². The van der Waals surface area contributed by atoms with E-state index in [1.807, 2.05) is 5.32 Å². The maximum atomic E-state index is 15.4. The van der Waals surface area contributed by atoms with Crippen molar-refractivity contribution in [1.82, 2.24) is 30.1 Å². The Kier molecular flexibility index (Phi) is 13.4. The van der Waals surface area contributed by atoms with E-state index in [-0.39, 0.29) is 31.2 Å². The molecule has 2 aromatic heterocycles. The highest BCUT2D eigenvalue weighted by Crippen LogP contribution is 2.20. The van der Waals surface area contributed by atoms with Gasteiger partial charge >= 0.3 is 12.0 Å². The smallest absolute Gasteiger partial charge is 0.412 e. The fraction of sp³-hybridized carbons (Fsp3) is 0.278. The lowest BCUT2D eigenvalue weighted by atomic mass is 9.98. The number of alkyl halides is 2. The first-order valence-electron chi connectivity index (χ1n) is 16.2. The number of carbonyl (C=O) groups is 5. The molecule has 2 aromatic carbocycles. The fourth-order valence-electron chi connectivity index (χ4n) is 5.05. The molecule has 0 bridgehead atoms. The van der Waals surface area contributed by atoms with Crippen LogP contribution >= 0.6 is 0 Å². The second-order valence-corrected chi connectivity index (χ2v) is 11.3. The number of pyridine rings is 1. The van der Waals surface area contributed by atoms with E-state index >= 15 is 8.78 Å². The lowest BCUT2D eigenvalue weighted by Crippen LogP contribution is -2.56. The van der Waals surface area contributed by atoms with Crippen molar-refractivity contribution in [3.05, 3.63) is 113 Å². The molecule has 0 radical (unpaired) electrons. The minimum atomic E-state index is -4.65. The predicted molar refractivity (Wildman–Crippen MR) is 185 cm³/mol. The molecule has 0 aliphatic carbocycles. The zero-order valence-corrected chi connectivity index (χ0v) is 28.4. The molecule has 2 heterocycles. The van der Waals surface area contributed by atoms with E-state index in [9.17, 15) is 28.8 Å². The Labute approximate surface area is 297 Å². The first-order valence-corrected chi connectivity index (χ1v) is 16.2. The van der Waals surface area contributed by atoms with Gasteiger partial charge in [-0.1, -0.05) is 60.7 Å². The van der Waals surface area contributed by atoms with Gasteiger partial charge in [0.05, 0.1) is 18.8 Å². The summed E-state index contributed by atoms with van der Waals surface area (Å²) >= 11 is 0. The van der Waals surface area contributed by atoms with E-state index in [2.05, 4.69) is 20.6 Å². The Hall–Kier alpha value is -6.32. The average molecular weight is 718 g/mol. The number of halogens is 2. The Morgan fingerprint density at radius 3 is 2.13 bits per heavy atom. The van der Waals surface area contributed by atoms with Crippen molar-refractivity contribution in [2.75, 3.05) is 25.0 Å². The molecule has 14 nitrogen and oxygen atoms in total. The van der Waals surface area contributed by atoms with E-state index in [1.165, 1.54) is 41.6 Å². The van der Waals surface area contributed by atoms with Crippen molar-refractivity contribution >= 4 is 35.3 Å². The zero-order chi connectivity index (χ0) is 37.7. The van der Waals surface area contributed by atoms with E-state index in [0.29, 0.717) is 16.7 Å². The third-order valence-corrected chi connectivity index (χ3v) is 7.78. The number of Topliss-reactive ketones (excluding diaryl/α,β-unsaturated/α-hetero) is 1. The average Bonchev–Trinajstić information content (AvgIpc) is 3.15. The largest absolute Gasteiger partial charge is 0.444 e. The number of carbonyl (C=O) groups excluding carboxylic acids is 5. The van der Waals surface area contributed by atoms with Crippen LogP contribution in [0.1, 0.15) is 25.0 Å². The molecule has 1 atom stereocenters. The van der Waals surface area contributed by atoms with Crippen LogP contribution in [0, 0.1) is 0 Å². The number of benzene rings is 2. The number of nitrogens with one attached hydrogen (secondary N) is 3. The normalized spacial score (nSPS) is 11.5. The van der Waals surface area contributed by atoms with Gasteiger partial charge in [-0.05, 0) is 37.1 Å². The number of ether oxygens (including phenoxy) is 1. The van der Waals surface area contributed by atoms with Gasteiger partial charge in [0.15, 0.2) is 0 Å². The molecule has 52 heavy (non-hydrogen) atoms. The monoisotopic (exact) mass is 717 g/mol. The van der Waals surface area contributed by atoms with Crippen molar-refractivity contribution in [3.8, 4) is 11.4 Å². The molecule has 0 saturated heterocycles. The number of anilines is 1. The molecule has 1 unspecified atom stereocenters. The molecule has 0 saturated carbocycles. The van der Waals surface area contributed by atoms with Crippen LogP contribution in [0.5, 0.6) is 0 Å². The molecular formula is C36H37F2N7O7.